The molecule has 3 rings (SSSR count). The normalized spacial score (nSPS) is 19.9. The van der Waals surface area contributed by atoms with Gasteiger partial charge in [0.05, 0.1) is 6.04 Å². The lowest BCUT2D eigenvalue weighted by Gasteiger charge is -2.21. The summed E-state index contributed by atoms with van der Waals surface area (Å²) in [5, 5.41) is 8.31. The third-order valence-electron chi connectivity index (χ3n) is 2.57. The van der Waals surface area contributed by atoms with Crippen LogP contribution in [0.5, 0.6) is 0 Å². The molecule has 2 aromatic rings. The van der Waals surface area contributed by atoms with Crippen LogP contribution in [-0.2, 0) is 0 Å². The minimum absolute atomic E-state index is 0.225. The van der Waals surface area contributed by atoms with E-state index in [9.17, 15) is 0 Å². The molecule has 1 radical (unpaired) electrons. The maximum atomic E-state index is 5.25. The van der Waals surface area contributed by atoms with Gasteiger partial charge < -0.3 is 4.52 Å². The highest BCUT2D eigenvalue weighted by Gasteiger charge is 2.24. The lowest BCUT2D eigenvalue weighted by molar-refractivity contribution is 0.276. The molecule has 0 bridgehead atoms. The van der Waals surface area contributed by atoms with Gasteiger partial charge in [-0.05, 0) is 18.6 Å². The number of aromatic nitrogens is 2. The second-order valence-corrected chi connectivity index (χ2v) is 3.57. The summed E-state index contributed by atoms with van der Waals surface area (Å²) >= 11 is 0. The zero-order chi connectivity index (χ0) is 10.1. The van der Waals surface area contributed by atoms with Crippen LogP contribution in [0.15, 0.2) is 35.1 Å². The van der Waals surface area contributed by atoms with E-state index in [2.05, 4.69) is 15.5 Å². The predicted octanol–water partition coefficient (Wildman–Crippen LogP) is 1.79. The maximum absolute atomic E-state index is 5.25. The molecule has 0 saturated carbocycles. The van der Waals surface area contributed by atoms with Crippen molar-refractivity contribution in [3.63, 3.8) is 0 Å². The highest BCUT2D eigenvalue weighted by Crippen LogP contribution is 2.28. The molecule has 1 fully saturated rings. The van der Waals surface area contributed by atoms with E-state index in [-0.39, 0.29) is 6.04 Å². The molecule has 1 atom stereocenters. The average molecular weight is 200 g/mol. The summed E-state index contributed by atoms with van der Waals surface area (Å²) in [6.07, 6.45) is 4.59. The van der Waals surface area contributed by atoms with Crippen molar-refractivity contribution < 1.29 is 4.52 Å². The number of hydrogen-bond donors (Lipinski definition) is 0. The maximum Gasteiger partial charge on any atom is 0.155 e. The van der Waals surface area contributed by atoms with Crippen LogP contribution in [-0.4, -0.2) is 16.7 Å². The molecule has 0 aliphatic carbocycles. The van der Waals surface area contributed by atoms with E-state index in [1.807, 2.05) is 18.2 Å². The Kier molecular flexibility index (Phi) is 1.99. The highest BCUT2D eigenvalue weighted by molar-refractivity contribution is 5.57. The van der Waals surface area contributed by atoms with Gasteiger partial charge in [0.25, 0.3) is 0 Å². The Morgan fingerprint density at radius 2 is 2.33 bits per heavy atom. The summed E-state index contributed by atoms with van der Waals surface area (Å²) in [5.41, 5.74) is 1.81. The van der Waals surface area contributed by atoms with Gasteiger partial charge in [-0.25, -0.2) is 5.32 Å². The zero-order valence-electron chi connectivity index (χ0n) is 8.13. The summed E-state index contributed by atoms with van der Waals surface area (Å²) in [5.74, 6) is 0.861. The van der Waals surface area contributed by atoms with Crippen molar-refractivity contribution in [2.75, 3.05) is 6.54 Å². The van der Waals surface area contributed by atoms with E-state index in [1.165, 1.54) is 0 Å². The van der Waals surface area contributed by atoms with Gasteiger partial charge in [0.1, 0.15) is 5.69 Å². The SMILES string of the molecule is c1cncc(-c2cc(C3CC[N]3)on2)c1. The van der Waals surface area contributed by atoms with Gasteiger partial charge in [-0.15, -0.1) is 0 Å². The Morgan fingerprint density at radius 3 is 3.00 bits per heavy atom. The van der Waals surface area contributed by atoms with Crippen molar-refractivity contribution >= 4 is 0 Å². The van der Waals surface area contributed by atoms with E-state index in [0.717, 1.165) is 30.0 Å². The van der Waals surface area contributed by atoms with Crippen LogP contribution in [0.1, 0.15) is 18.2 Å². The molecule has 1 aliphatic heterocycles. The second-order valence-electron chi connectivity index (χ2n) is 3.57. The van der Waals surface area contributed by atoms with E-state index in [4.69, 9.17) is 4.52 Å². The third-order valence-corrected chi connectivity index (χ3v) is 2.57. The smallest absolute Gasteiger partial charge is 0.155 e. The second kappa shape index (κ2) is 3.47. The summed E-state index contributed by atoms with van der Waals surface area (Å²) in [4.78, 5) is 4.04. The molecular formula is C11H10N3O. The topological polar surface area (TPSA) is 53.0 Å². The van der Waals surface area contributed by atoms with Crippen molar-refractivity contribution in [3.05, 3.63) is 36.4 Å². The van der Waals surface area contributed by atoms with Crippen LogP contribution >= 0.6 is 0 Å². The first-order valence-electron chi connectivity index (χ1n) is 4.97. The molecule has 4 nitrogen and oxygen atoms in total. The van der Waals surface area contributed by atoms with Crippen LogP contribution < -0.4 is 5.32 Å². The molecule has 15 heavy (non-hydrogen) atoms. The molecule has 2 aromatic heterocycles. The summed E-state index contributed by atoms with van der Waals surface area (Å²) in [7, 11) is 0. The van der Waals surface area contributed by atoms with Crippen LogP contribution in [0.2, 0.25) is 0 Å². The van der Waals surface area contributed by atoms with Crippen molar-refractivity contribution in [2.24, 2.45) is 0 Å². The predicted molar refractivity (Wildman–Crippen MR) is 54.1 cm³/mol. The minimum Gasteiger partial charge on any atom is -0.359 e. The third kappa shape index (κ3) is 1.53. The van der Waals surface area contributed by atoms with Crippen LogP contribution in [0, 0.1) is 0 Å². The van der Waals surface area contributed by atoms with Gasteiger partial charge in [0.2, 0.25) is 0 Å². The van der Waals surface area contributed by atoms with Gasteiger partial charge in [0.15, 0.2) is 5.76 Å². The van der Waals surface area contributed by atoms with Gasteiger partial charge >= 0.3 is 0 Å². The van der Waals surface area contributed by atoms with E-state index >= 15 is 0 Å². The van der Waals surface area contributed by atoms with Gasteiger partial charge in [-0.1, -0.05) is 5.16 Å². The first-order valence-corrected chi connectivity index (χ1v) is 4.97. The Balaban J connectivity index is 1.90. The number of hydrogen-bond acceptors (Lipinski definition) is 3. The molecule has 1 aliphatic rings. The lowest BCUT2D eigenvalue weighted by Crippen LogP contribution is -2.27. The fraction of sp³-hybridized carbons (Fsp3) is 0.273. The van der Waals surface area contributed by atoms with E-state index < -0.39 is 0 Å². The van der Waals surface area contributed by atoms with Crippen LogP contribution in [0.25, 0.3) is 11.3 Å². The van der Waals surface area contributed by atoms with E-state index in [1.54, 1.807) is 12.4 Å². The molecular weight excluding hydrogens is 190 g/mol. The molecule has 75 valence electrons. The van der Waals surface area contributed by atoms with Crippen molar-refractivity contribution in [1.29, 1.82) is 0 Å². The van der Waals surface area contributed by atoms with Crippen LogP contribution in [0.3, 0.4) is 0 Å². The first kappa shape index (κ1) is 8.61. The molecule has 1 unspecified atom stereocenters. The van der Waals surface area contributed by atoms with E-state index in [0.29, 0.717) is 0 Å². The minimum atomic E-state index is 0.225. The summed E-state index contributed by atoms with van der Waals surface area (Å²) in [6.45, 7) is 0.938. The quantitative estimate of drug-likeness (QED) is 0.742. The Morgan fingerprint density at radius 1 is 1.40 bits per heavy atom. The first-order chi connectivity index (χ1) is 7.43. The van der Waals surface area contributed by atoms with Crippen molar-refractivity contribution in [3.8, 4) is 11.3 Å². The fourth-order valence-corrected chi connectivity index (χ4v) is 1.59. The number of nitrogens with zero attached hydrogens (tertiary/aromatic N) is 3. The number of rotatable bonds is 2. The molecule has 3 heterocycles. The Hall–Kier alpha value is -1.68. The Labute approximate surface area is 87.3 Å². The zero-order valence-corrected chi connectivity index (χ0v) is 8.13. The lowest BCUT2D eigenvalue weighted by atomic mass is 10.0. The van der Waals surface area contributed by atoms with Gasteiger partial charge in [-0.2, -0.15) is 0 Å². The van der Waals surface area contributed by atoms with Crippen LogP contribution in [0.4, 0.5) is 0 Å². The monoisotopic (exact) mass is 200 g/mol. The molecule has 0 amide bonds. The summed E-state index contributed by atoms with van der Waals surface area (Å²) < 4.78 is 5.25. The molecule has 0 N–H and O–H groups in total. The van der Waals surface area contributed by atoms with Gasteiger partial charge in [-0.3, -0.25) is 4.98 Å². The molecule has 4 heteroatoms. The Bertz CT molecular complexity index is 448. The van der Waals surface area contributed by atoms with Crippen molar-refractivity contribution in [1.82, 2.24) is 15.5 Å². The number of pyridine rings is 1. The largest absolute Gasteiger partial charge is 0.359 e. The highest BCUT2D eigenvalue weighted by atomic mass is 16.5. The molecule has 1 saturated heterocycles. The summed E-state index contributed by atoms with van der Waals surface area (Å²) in [6, 6.07) is 6.02. The van der Waals surface area contributed by atoms with Crippen molar-refractivity contribution in [2.45, 2.75) is 12.5 Å². The average Bonchev–Trinajstić information content (AvgIpc) is 2.66. The van der Waals surface area contributed by atoms with Gasteiger partial charge in [0, 0.05) is 30.6 Å². The molecule has 0 aromatic carbocycles. The fourth-order valence-electron chi connectivity index (χ4n) is 1.59. The standard InChI is InChI=1S/C11H10N3O/c1-2-8(7-12-4-1)10-6-11(15-14-10)9-3-5-13-9/h1-2,4,6-7,9H,3,5H2. The molecule has 0 spiro atoms.